The smallest absolute Gasteiger partial charge is 0.652 e. The van der Waals surface area contributed by atoms with Crippen LogP contribution in [-0.2, 0) is 4.79 Å². The maximum Gasteiger partial charge on any atom is 2.00 e. The third-order valence-electron chi connectivity index (χ3n) is 0. The van der Waals surface area contributed by atoms with E-state index in [-0.39, 0.29) is 37.7 Å². The van der Waals surface area contributed by atoms with Gasteiger partial charge in [-0.2, -0.15) is 0 Å². The van der Waals surface area contributed by atoms with Crippen molar-refractivity contribution < 1.29 is 19.8 Å². The largest absolute Gasteiger partial charge is 2.00 e. The predicted molar refractivity (Wildman–Crippen MR) is 19.6 cm³/mol. The van der Waals surface area contributed by atoms with E-state index < -0.39 is 6.16 Å². The molecule has 0 amide bonds. The molecule has 40 valence electrons. The van der Waals surface area contributed by atoms with Crippen LogP contribution in [0.25, 0.3) is 0 Å². The molecule has 0 spiro atoms. The molecular weight excluding hydrogens is 142 g/mol. The average Bonchev–Trinajstić information content (AvgIpc) is 1.33. The van der Waals surface area contributed by atoms with Gasteiger partial charge >= 0.3 is 37.7 Å². The Morgan fingerprint density at radius 3 is 1.50 bits per heavy atom. The van der Waals surface area contributed by atoms with E-state index in [1.54, 1.807) is 0 Å². The van der Waals surface area contributed by atoms with E-state index in [1.165, 1.54) is 0 Å². The van der Waals surface area contributed by atoms with Gasteiger partial charge in [-0.05, 0) is 6.16 Å². The van der Waals surface area contributed by atoms with Gasteiger partial charge < -0.3 is 15.0 Å². The second-order valence-electron chi connectivity index (χ2n) is 0.352. The summed E-state index contributed by atoms with van der Waals surface area (Å²) in [5, 5.41) is 22.1. The first-order chi connectivity index (χ1) is 3.15. The Labute approximate surface area is 74.8 Å². The molecule has 0 aliphatic heterocycles. The third-order valence-corrected chi connectivity index (χ3v) is 0. The Kier molecular flexibility index (Phi) is 30.9. The van der Waals surface area contributed by atoms with Gasteiger partial charge in [-0.3, -0.25) is 0 Å². The normalized spacial score (nSPS) is 4.00. The molecule has 0 aromatic carbocycles. The van der Waals surface area contributed by atoms with Crippen LogP contribution in [-0.4, -0.2) is 50.0 Å². The molecule has 0 aromatic rings. The van der Waals surface area contributed by atoms with Crippen LogP contribution in [0.5, 0.6) is 0 Å². The topological polar surface area (TPSA) is 104 Å². The van der Waals surface area contributed by atoms with Crippen molar-refractivity contribution in [3.63, 3.8) is 0 Å². The van der Waals surface area contributed by atoms with E-state index in [2.05, 4.69) is 0 Å². The number of rotatable bonds is 0. The Bertz CT molecular complexity index is 82.0. The van der Waals surface area contributed by atoms with E-state index in [4.69, 9.17) is 25.2 Å². The Morgan fingerprint density at radius 1 is 1.50 bits per heavy atom. The van der Waals surface area contributed by atoms with Gasteiger partial charge in [0, 0.05) is 0 Å². The van der Waals surface area contributed by atoms with Crippen molar-refractivity contribution in [1.29, 1.82) is 5.41 Å². The van der Waals surface area contributed by atoms with Crippen molar-refractivity contribution in [2.75, 3.05) is 0 Å². The standard InChI is InChI=1S/CHNO.CH2O3.Ca/c2-1-3;2-1(3)4;/h2H;(H2,2,3,4);/q;;+2/p-2. The second kappa shape index (κ2) is 15.8. The number of carbonyl (C=O) groups is 1. The fourth-order valence-electron chi connectivity index (χ4n) is 0. The molecule has 0 bridgehead atoms. The van der Waals surface area contributed by atoms with Crippen LogP contribution < -0.4 is 10.2 Å². The molecule has 0 unspecified atom stereocenters. The van der Waals surface area contributed by atoms with Crippen molar-refractivity contribution in [3.05, 3.63) is 0 Å². The monoisotopic (exact) mass is 143 g/mol. The van der Waals surface area contributed by atoms with Crippen LogP contribution in [0.15, 0.2) is 0 Å². The number of hydrogen-bond donors (Lipinski definition) is 1. The van der Waals surface area contributed by atoms with Crippen LogP contribution in [0.2, 0.25) is 0 Å². The maximum absolute atomic E-state index is 8.35. The minimum Gasteiger partial charge on any atom is -0.652 e. The summed E-state index contributed by atoms with van der Waals surface area (Å²) >= 11 is 0. The van der Waals surface area contributed by atoms with Crippen molar-refractivity contribution in [3.8, 4) is 0 Å². The quantitative estimate of drug-likeness (QED) is 0.222. The third kappa shape index (κ3) is 17500. The fraction of sp³-hybridized carbons (Fsp3) is 0. The summed E-state index contributed by atoms with van der Waals surface area (Å²) in [5.74, 6) is 0. The van der Waals surface area contributed by atoms with Crippen LogP contribution in [0, 0.1) is 5.41 Å². The average molecular weight is 143 g/mol. The predicted octanol–water partition coefficient (Wildman–Crippen LogP) is -2.93. The number of carboxylic acid groups (broad SMARTS) is 2. The molecular formula is C2HCaNO4. The van der Waals surface area contributed by atoms with E-state index in [1.807, 2.05) is 0 Å². The molecule has 1 N–H and O–H groups in total. The molecule has 0 atom stereocenters. The zero-order valence-electron chi connectivity index (χ0n) is 3.84. The molecule has 0 fully saturated rings. The van der Waals surface area contributed by atoms with Crippen LogP contribution in [0.1, 0.15) is 0 Å². The summed E-state index contributed by atoms with van der Waals surface area (Å²) in [6.45, 7) is 0. The van der Waals surface area contributed by atoms with Crippen molar-refractivity contribution in [1.82, 2.24) is 0 Å². The molecule has 0 aromatic heterocycles. The van der Waals surface area contributed by atoms with Gasteiger partial charge in [0.05, 0.1) is 0 Å². The molecule has 0 radical (unpaired) electrons. The number of nitrogens with one attached hydrogen (secondary N) is 1. The minimum atomic E-state index is -2.33. The summed E-state index contributed by atoms with van der Waals surface area (Å²) in [6, 6.07) is 0. The van der Waals surface area contributed by atoms with Crippen LogP contribution >= 0.6 is 0 Å². The molecule has 0 rings (SSSR count). The Hall–Kier alpha value is -0.0903. The summed E-state index contributed by atoms with van der Waals surface area (Å²) in [4.78, 5) is 16.7. The number of isocyanates is 1. The van der Waals surface area contributed by atoms with Crippen LogP contribution in [0.4, 0.5) is 4.79 Å². The van der Waals surface area contributed by atoms with Gasteiger partial charge in [-0.1, -0.05) is 0 Å². The number of hydrogen-bond acceptors (Lipinski definition) is 5. The van der Waals surface area contributed by atoms with Crippen LogP contribution in [0.3, 0.4) is 0 Å². The van der Waals surface area contributed by atoms with E-state index in [9.17, 15) is 0 Å². The summed E-state index contributed by atoms with van der Waals surface area (Å²) in [5.41, 5.74) is 0. The summed E-state index contributed by atoms with van der Waals surface area (Å²) in [6.07, 6.45) is -1.58. The molecule has 0 aliphatic rings. The van der Waals surface area contributed by atoms with E-state index >= 15 is 0 Å². The molecule has 0 aliphatic carbocycles. The Balaban J connectivity index is -0.0000000575. The van der Waals surface area contributed by atoms with Gasteiger partial charge in [0.25, 0.3) is 0 Å². The SMILES string of the molecule is N=C=O.O=C([O-])[O-].[Ca+2]. The molecule has 8 heavy (non-hydrogen) atoms. The minimum absolute atomic E-state index is 0. The zero-order chi connectivity index (χ0) is 6.28. The first kappa shape index (κ1) is 15.7. The van der Waals surface area contributed by atoms with Gasteiger partial charge in [-0.25, -0.2) is 10.2 Å². The van der Waals surface area contributed by atoms with Gasteiger partial charge in [-0.15, -0.1) is 0 Å². The van der Waals surface area contributed by atoms with E-state index in [0.29, 0.717) is 0 Å². The Morgan fingerprint density at radius 2 is 1.50 bits per heavy atom. The first-order valence-corrected chi connectivity index (χ1v) is 1.07. The van der Waals surface area contributed by atoms with Gasteiger partial charge in [0.2, 0.25) is 6.08 Å². The van der Waals surface area contributed by atoms with Gasteiger partial charge in [0.1, 0.15) is 0 Å². The fourth-order valence-corrected chi connectivity index (χ4v) is 0. The van der Waals surface area contributed by atoms with Gasteiger partial charge in [0.15, 0.2) is 0 Å². The molecule has 0 saturated heterocycles. The van der Waals surface area contributed by atoms with Crippen molar-refractivity contribution >= 4 is 50.0 Å². The van der Waals surface area contributed by atoms with Crippen molar-refractivity contribution in [2.45, 2.75) is 0 Å². The number of carbonyl (C=O) groups excluding carboxylic acids is 2. The summed E-state index contributed by atoms with van der Waals surface area (Å²) < 4.78 is 0. The molecule has 0 saturated carbocycles. The zero-order valence-corrected chi connectivity index (χ0v) is 6.05. The summed E-state index contributed by atoms with van der Waals surface area (Å²) in [7, 11) is 0. The van der Waals surface area contributed by atoms with Crippen molar-refractivity contribution in [2.24, 2.45) is 0 Å². The maximum atomic E-state index is 8.35. The first-order valence-electron chi connectivity index (χ1n) is 1.07. The van der Waals surface area contributed by atoms with E-state index in [0.717, 1.165) is 6.08 Å². The molecule has 5 nitrogen and oxygen atoms in total. The second-order valence-corrected chi connectivity index (χ2v) is 0.352. The molecule has 6 heteroatoms. The molecule has 0 heterocycles.